The Morgan fingerprint density at radius 3 is 2.71 bits per heavy atom. The van der Waals surface area contributed by atoms with Crippen LogP contribution in [0.3, 0.4) is 0 Å². The average Bonchev–Trinajstić information content (AvgIpc) is 2.59. The maximum Gasteiger partial charge on any atom is 0.228 e. The molecule has 0 saturated heterocycles. The normalized spacial score (nSPS) is 11.0. The van der Waals surface area contributed by atoms with E-state index >= 15 is 0 Å². The number of halogens is 1. The van der Waals surface area contributed by atoms with Gasteiger partial charge in [-0.15, -0.1) is 0 Å². The minimum Gasteiger partial charge on any atom is -0.472 e. The van der Waals surface area contributed by atoms with Crippen LogP contribution in [-0.4, -0.2) is 29.8 Å². The number of pyridine rings is 1. The van der Waals surface area contributed by atoms with Gasteiger partial charge in [-0.2, -0.15) is 0 Å². The van der Waals surface area contributed by atoms with E-state index in [0.29, 0.717) is 12.5 Å². The van der Waals surface area contributed by atoms with E-state index in [9.17, 15) is 0 Å². The maximum absolute atomic E-state index is 5.93. The molecule has 0 spiro atoms. The third-order valence-electron chi connectivity index (χ3n) is 3.85. The zero-order chi connectivity index (χ0) is 17.5. The van der Waals surface area contributed by atoms with Gasteiger partial charge < -0.3 is 9.64 Å². The van der Waals surface area contributed by atoms with Crippen LogP contribution in [0, 0.1) is 6.92 Å². The molecule has 0 radical (unpaired) electrons. The van der Waals surface area contributed by atoms with Crippen LogP contribution < -0.4 is 4.74 Å². The van der Waals surface area contributed by atoms with Crippen LogP contribution in [0.15, 0.2) is 39.8 Å². The minimum absolute atomic E-state index is 0.503. The maximum atomic E-state index is 5.93. The SMILES string of the molecule is CCc1nc(OCc2ccccc2C)c(Br)cc1/N=C/N(C)CC. The molecule has 2 rings (SSSR count). The van der Waals surface area contributed by atoms with Crippen molar-refractivity contribution < 1.29 is 4.74 Å². The molecule has 0 amide bonds. The van der Waals surface area contributed by atoms with Gasteiger partial charge in [-0.25, -0.2) is 9.98 Å². The molecule has 0 atom stereocenters. The van der Waals surface area contributed by atoms with Crippen LogP contribution in [0.1, 0.15) is 30.7 Å². The fourth-order valence-electron chi connectivity index (χ4n) is 2.13. The summed E-state index contributed by atoms with van der Waals surface area (Å²) in [6.07, 6.45) is 2.63. The summed E-state index contributed by atoms with van der Waals surface area (Å²) in [7, 11) is 2.00. The number of hydrogen-bond acceptors (Lipinski definition) is 3. The molecule has 1 aromatic carbocycles. The molecule has 2 aromatic rings. The van der Waals surface area contributed by atoms with Gasteiger partial charge in [0.1, 0.15) is 6.61 Å². The predicted molar refractivity (Wildman–Crippen MR) is 103 cm³/mol. The molecular weight excluding hydrogens is 366 g/mol. The first-order valence-corrected chi connectivity index (χ1v) is 8.95. The number of benzene rings is 1. The highest BCUT2D eigenvalue weighted by Crippen LogP contribution is 2.31. The molecule has 0 bridgehead atoms. The Morgan fingerprint density at radius 1 is 1.29 bits per heavy atom. The molecule has 0 fully saturated rings. The summed E-state index contributed by atoms with van der Waals surface area (Å²) < 4.78 is 6.75. The van der Waals surface area contributed by atoms with Crippen LogP contribution >= 0.6 is 15.9 Å². The zero-order valence-electron chi connectivity index (χ0n) is 14.7. The van der Waals surface area contributed by atoms with Gasteiger partial charge in [-0.1, -0.05) is 31.2 Å². The lowest BCUT2D eigenvalue weighted by atomic mass is 10.1. The molecule has 24 heavy (non-hydrogen) atoms. The minimum atomic E-state index is 0.503. The molecule has 0 aliphatic carbocycles. The standard InChI is InChI=1S/C19H24BrN3O/c1-5-17-18(21-13-23(4)6-2)11-16(20)19(22-17)24-12-15-10-8-7-9-14(15)3/h7-11,13H,5-6,12H2,1-4H3/b21-13+. The van der Waals surface area contributed by atoms with Crippen LogP contribution in [-0.2, 0) is 13.0 Å². The van der Waals surface area contributed by atoms with Crippen molar-refractivity contribution in [2.24, 2.45) is 4.99 Å². The largest absolute Gasteiger partial charge is 0.472 e. The number of aryl methyl sites for hydroxylation is 2. The second-order valence-corrected chi connectivity index (χ2v) is 6.48. The number of nitrogens with zero attached hydrogens (tertiary/aromatic N) is 3. The number of aromatic nitrogens is 1. The van der Waals surface area contributed by atoms with E-state index in [-0.39, 0.29) is 0 Å². The fourth-order valence-corrected chi connectivity index (χ4v) is 2.55. The van der Waals surface area contributed by atoms with E-state index in [0.717, 1.165) is 34.4 Å². The monoisotopic (exact) mass is 389 g/mol. The first kappa shape index (κ1) is 18.5. The summed E-state index contributed by atoms with van der Waals surface area (Å²) in [5, 5.41) is 0. The summed E-state index contributed by atoms with van der Waals surface area (Å²) in [4.78, 5) is 11.2. The van der Waals surface area contributed by atoms with E-state index in [4.69, 9.17) is 4.74 Å². The van der Waals surface area contributed by atoms with Crippen molar-refractivity contribution in [2.75, 3.05) is 13.6 Å². The summed E-state index contributed by atoms with van der Waals surface area (Å²) in [6.45, 7) is 7.66. The quantitative estimate of drug-likeness (QED) is 0.498. The summed E-state index contributed by atoms with van der Waals surface area (Å²) in [5.41, 5.74) is 4.18. The molecule has 5 heteroatoms. The Kier molecular flexibility index (Phi) is 6.79. The van der Waals surface area contributed by atoms with Gasteiger partial charge in [-0.05, 0) is 53.4 Å². The van der Waals surface area contributed by atoms with Gasteiger partial charge in [0.2, 0.25) is 5.88 Å². The van der Waals surface area contributed by atoms with Gasteiger partial charge in [0.25, 0.3) is 0 Å². The second-order valence-electron chi connectivity index (χ2n) is 5.63. The second kappa shape index (κ2) is 8.83. The highest BCUT2D eigenvalue weighted by molar-refractivity contribution is 9.10. The Balaban J connectivity index is 2.20. The van der Waals surface area contributed by atoms with Crippen molar-refractivity contribution in [1.29, 1.82) is 0 Å². The molecule has 1 aromatic heterocycles. The van der Waals surface area contributed by atoms with Crippen molar-refractivity contribution in [1.82, 2.24) is 9.88 Å². The Morgan fingerprint density at radius 2 is 2.04 bits per heavy atom. The highest BCUT2D eigenvalue weighted by atomic mass is 79.9. The summed E-state index contributed by atoms with van der Waals surface area (Å²) in [6, 6.07) is 10.2. The molecular formula is C19H24BrN3O. The highest BCUT2D eigenvalue weighted by Gasteiger charge is 2.10. The number of aliphatic imine (C=N–C) groups is 1. The van der Waals surface area contributed by atoms with E-state index in [1.54, 1.807) is 0 Å². The zero-order valence-corrected chi connectivity index (χ0v) is 16.3. The average molecular weight is 390 g/mol. The van der Waals surface area contributed by atoms with E-state index < -0.39 is 0 Å². The lowest BCUT2D eigenvalue weighted by Gasteiger charge is -2.13. The molecule has 4 nitrogen and oxygen atoms in total. The van der Waals surface area contributed by atoms with Gasteiger partial charge in [0.05, 0.1) is 22.2 Å². The molecule has 0 unspecified atom stereocenters. The van der Waals surface area contributed by atoms with Gasteiger partial charge in [0.15, 0.2) is 0 Å². The molecule has 128 valence electrons. The van der Waals surface area contributed by atoms with Gasteiger partial charge in [0, 0.05) is 13.6 Å². The number of ether oxygens (including phenoxy) is 1. The first-order chi connectivity index (χ1) is 11.5. The lowest BCUT2D eigenvalue weighted by Crippen LogP contribution is -2.14. The van der Waals surface area contributed by atoms with E-state index in [1.165, 1.54) is 5.56 Å². The molecule has 0 aliphatic heterocycles. The van der Waals surface area contributed by atoms with Crippen molar-refractivity contribution in [3.63, 3.8) is 0 Å². The van der Waals surface area contributed by atoms with Gasteiger partial charge in [-0.3, -0.25) is 0 Å². The lowest BCUT2D eigenvalue weighted by molar-refractivity contribution is 0.290. The van der Waals surface area contributed by atoms with Crippen molar-refractivity contribution in [3.05, 3.63) is 51.6 Å². The topological polar surface area (TPSA) is 37.7 Å². The van der Waals surface area contributed by atoms with Crippen LogP contribution in [0.25, 0.3) is 0 Å². The molecule has 0 saturated carbocycles. The van der Waals surface area contributed by atoms with Crippen LogP contribution in [0.5, 0.6) is 5.88 Å². The van der Waals surface area contributed by atoms with E-state index in [1.807, 2.05) is 36.5 Å². The smallest absolute Gasteiger partial charge is 0.228 e. The third-order valence-corrected chi connectivity index (χ3v) is 4.42. The Hall–Kier alpha value is -1.88. The predicted octanol–water partition coefficient (Wildman–Crippen LogP) is 4.91. The van der Waals surface area contributed by atoms with Crippen molar-refractivity contribution in [3.8, 4) is 5.88 Å². The first-order valence-electron chi connectivity index (χ1n) is 8.16. The fraction of sp³-hybridized carbons (Fsp3) is 0.368. The van der Waals surface area contributed by atoms with E-state index in [2.05, 4.69) is 58.8 Å². The van der Waals surface area contributed by atoms with Crippen LogP contribution in [0.2, 0.25) is 0 Å². The van der Waals surface area contributed by atoms with Crippen molar-refractivity contribution >= 4 is 28.0 Å². The summed E-state index contributed by atoms with van der Waals surface area (Å²) in [5.74, 6) is 0.609. The number of hydrogen-bond donors (Lipinski definition) is 0. The molecule has 1 heterocycles. The van der Waals surface area contributed by atoms with Gasteiger partial charge >= 0.3 is 0 Å². The van der Waals surface area contributed by atoms with Crippen LogP contribution in [0.4, 0.5) is 5.69 Å². The number of rotatable bonds is 7. The third kappa shape index (κ3) is 4.81. The Bertz CT molecular complexity index is 716. The molecule has 0 N–H and O–H groups in total. The van der Waals surface area contributed by atoms with Crippen molar-refractivity contribution in [2.45, 2.75) is 33.8 Å². The molecule has 0 aliphatic rings. The Labute approximate surface area is 152 Å². The summed E-state index contributed by atoms with van der Waals surface area (Å²) >= 11 is 3.55.